The first-order chi connectivity index (χ1) is 10.3. The number of esters is 1. The molecule has 1 heterocycles. The van der Waals surface area contributed by atoms with Gasteiger partial charge < -0.3 is 10.5 Å². The van der Waals surface area contributed by atoms with Gasteiger partial charge in [0.2, 0.25) is 0 Å². The van der Waals surface area contributed by atoms with Crippen LogP contribution in [0.2, 0.25) is 15.1 Å². The van der Waals surface area contributed by atoms with Crippen molar-refractivity contribution in [1.82, 2.24) is 4.98 Å². The molecule has 1 aromatic carbocycles. The Morgan fingerprint density at radius 2 is 1.82 bits per heavy atom. The molecule has 116 valence electrons. The fraction of sp³-hybridized carbons (Fsp3) is 0.0769. The molecule has 0 radical (unpaired) electrons. The van der Waals surface area contributed by atoms with E-state index < -0.39 is 44.7 Å². The average molecular weight is 368 g/mol. The second-order valence-electron chi connectivity index (χ2n) is 4.07. The Morgan fingerprint density at radius 1 is 1.18 bits per heavy atom. The molecule has 0 amide bonds. The molecule has 0 aliphatic heterocycles. The Kier molecular flexibility index (Phi) is 4.75. The summed E-state index contributed by atoms with van der Waals surface area (Å²) >= 11 is 17.2. The lowest BCUT2D eigenvalue weighted by Crippen LogP contribution is -2.10. The number of methoxy groups -OCH3 is 1. The summed E-state index contributed by atoms with van der Waals surface area (Å²) in [4.78, 5) is 15.4. The topological polar surface area (TPSA) is 65.2 Å². The molecule has 4 nitrogen and oxygen atoms in total. The number of carbonyl (C=O) groups is 1. The summed E-state index contributed by atoms with van der Waals surface area (Å²) < 4.78 is 32.5. The van der Waals surface area contributed by atoms with Crippen LogP contribution >= 0.6 is 34.8 Å². The maximum atomic E-state index is 14.3. The minimum atomic E-state index is -1.04. The van der Waals surface area contributed by atoms with E-state index in [1.807, 2.05) is 0 Å². The molecular formula is C13H7Cl3F2N2O2. The number of pyridine rings is 1. The SMILES string of the molecule is COC(=O)c1nc(-c2ccc(Cl)c(F)c2Cl)c(F)c(N)c1Cl. The Morgan fingerprint density at radius 3 is 2.41 bits per heavy atom. The molecule has 0 atom stereocenters. The molecule has 0 unspecified atom stereocenters. The maximum Gasteiger partial charge on any atom is 0.358 e. The summed E-state index contributed by atoms with van der Waals surface area (Å²) in [7, 11) is 1.09. The first-order valence-corrected chi connectivity index (χ1v) is 6.79. The number of rotatable bonds is 2. The van der Waals surface area contributed by atoms with Crippen LogP contribution in [0.5, 0.6) is 0 Å². The van der Waals surface area contributed by atoms with Crippen molar-refractivity contribution in [3.8, 4) is 11.3 Å². The highest BCUT2D eigenvalue weighted by Gasteiger charge is 2.25. The lowest BCUT2D eigenvalue weighted by atomic mass is 10.1. The Hall–Kier alpha value is -1.63. The molecule has 0 saturated carbocycles. The summed E-state index contributed by atoms with van der Waals surface area (Å²) in [6.07, 6.45) is 0. The van der Waals surface area contributed by atoms with Crippen LogP contribution in [-0.2, 0) is 4.74 Å². The van der Waals surface area contributed by atoms with E-state index in [0.29, 0.717) is 0 Å². The van der Waals surface area contributed by atoms with Crippen molar-refractivity contribution in [1.29, 1.82) is 0 Å². The second-order valence-corrected chi connectivity index (χ2v) is 5.23. The highest BCUT2D eigenvalue weighted by Crippen LogP contribution is 2.37. The number of nitrogens with two attached hydrogens (primary N) is 1. The number of hydrogen-bond donors (Lipinski definition) is 1. The van der Waals surface area contributed by atoms with Crippen molar-refractivity contribution in [3.05, 3.63) is 44.5 Å². The van der Waals surface area contributed by atoms with Crippen LogP contribution in [0, 0.1) is 11.6 Å². The van der Waals surface area contributed by atoms with Crippen LogP contribution < -0.4 is 5.73 Å². The van der Waals surface area contributed by atoms with E-state index in [1.54, 1.807) is 0 Å². The summed E-state index contributed by atoms with van der Waals surface area (Å²) in [6, 6.07) is 2.41. The molecule has 0 aliphatic rings. The number of nitrogens with zero attached hydrogens (tertiary/aromatic N) is 1. The number of ether oxygens (including phenoxy) is 1. The third-order valence-corrected chi connectivity index (χ3v) is 3.83. The van der Waals surface area contributed by atoms with E-state index in [4.69, 9.17) is 40.5 Å². The van der Waals surface area contributed by atoms with Crippen LogP contribution in [0.15, 0.2) is 12.1 Å². The minimum absolute atomic E-state index is 0.130. The number of anilines is 1. The van der Waals surface area contributed by atoms with Gasteiger partial charge >= 0.3 is 5.97 Å². The van der Waals surface area contributed by atoms with Gasteiger partial charge in [-0.15, -0.1) is 0 Å². The van der Waals surface area contributed by atoms with Gasteiger partial charge in [0.25, 0.3) is 0 Å². The average Bonchev–Trinajstić information content (AvgIpc) is 2.51. The number of benzene rings is 1. The van der Waals surface area contributed by atoms with Crippen molar-refractivity contribution >= 4 is 46.5 Å². The molecule has 0 fully saturated rings. The standard InChI is InChI=1S/C13H7Cl3F2N2O2/c1-22-13(21)12-7(16)10(19)9(18)11(20-12)4-2-3-5(14)8(17)6(4)15/h2-3H,1H3,(H2,19,20). The van der Waals surface area contributed by atoms with E-state index in [-0.39, 0.29) is 10.6 Å². The second kappa shape index (κ2) is 6.24. The fourth-order valence-electron chi connectivity index (χ4n) is 1.68. The van der Waals surface area contributed by atoms with Crippen molar-refractivity contribution in [3.63, 3.8) is 0 Å². The van der Waals surface area contributed by atoms with Crippen LogP contribution in [0.3, 0.4) is 0 Å². The molecule has 0 spiro atoms. The van der Waals surface area contributed by atoms with E-state index >= 15 is 0 Å². The van der Waals surface area contributed by atoms with Crippen LogP contribution in [-0.4, -0.2) is 18.1 Å². The highest BCUT2D eigenvalue weighted by molar-refractivity contribution is 6.37. The lowest BCUT2D eigenvalue weighted by molar-refractivity contribution is 0.0594. The number of carbonyl (C=O) groups excluding carboxylic acids is 1. The molecule has 22 heavy (non-hydrogen) atoms. The first-order valence-electron chi connectivity index (χ1n) is 5.66. The highest BCUT2D eigenvalue weighted by atomic mass is 35.5. The zero-order valence-corrected chi connectivity index (χ0v) is 13.2. The molecular weight excluding hydrogens is 361 g/mol. The van der Waals surface area contributed by atoms with E-state index in [1.165, 1.54) is 12.1 Å². The summed E-state index contributed by atoms with van der Waals surface area (Å²) in [5.41, 5.74) is 4.00. The van der Waals surface area contributed by atoms with Crippen molar-refractivity contribution in [2.24, 2.45) is 0 Å². The molecule has 2 rings (SSSR count). The smallest absolute Gasteiger partial charge is 0.358 e. The number of hydrogen-bond acceptors (Lipinski definition) is 4. The quantitative estimate of drug-likeness (QED) is 0.633. The molecule has 0 saturated heterocycles. The van der Waals surface area contributed by atoms with Gasteiger partial charge in [-0.2, -0.15) is 0 Å². The van der Waals surface area contributed by atoms with Crippen molar-refractivity contribution in [2.45, 2.75) is 0 Å². The zero-order valence-electron chi connectivity index (χ0n) is 10.9. The maximum absolute atomic E-state index is 14.3. The Labute approximate surface area is 138 Å². The van der Waals surface area contributed by atoms with Gasteiger partial charge in [0, 0.05) is 5.56 Å². The zero-order chi connectivity index (χ0) is 16.6. The number of nitrogen functional groups attached to an aromatic ring is 1. The largest absolute Gasteiger partial charge is 0.464 e. The van der Waals surface area contributed by atoms with Gasteiger partial charge in [0.1, 0.15) is 5.69 Å². The van der Waals surface area contributed by atoms with Crippen molar-refractivity contribution < 1.29 is 18.3 Å². The van der Waals surface area contributed by atoms with Gasteiger partial charge in [-0.1, -0.05) is 34.8 Å². The minimum Gasteiger partial charge on any atom is -0.464 e. The molecule has 2 N–H and O–H groups in total. The normalized spacial score (nSPS) is 10.6. The Bertz CT molecular complexity index is 785. The summed E-state index contributed by atoms with van der Waals surface area (Å²) in [6.45, 7) is 0. The van der Waals surface area contributed by atoms with Gasteiger partial charge in [0.15, 0.2) is 17.3 Å². The van der Waals surface area contributed by atoms with Crippen LogP contribution in [0.1, 0.15) is 10.5 Å². The molecule has 1 aromatic heterocycles. The summed E-state index contributed by atoms with van der Waals surface area (Å²) in [5, 5.41) is -1.11. The molecule has 0 bridgehead atoms. The van der Waals surface area contributed by atoms with E-state index in [2.05, 4.69) is 9.72 Å². The molecule has 0 aliphatic carbocycles. The van der Waals surface area contributed by atoms with Crippen molar-refractivity contribution in [2.75, 3.05) is 12.8 Å². The molecule has 2 aromatic rings. The van der Waals surface area contributed by atoms with Gasteiger partial charge in [-0.3, -0.25) is 0 Å². The first kappa shape index (κ1) is 16.7. The van der Waals surface area contributed by atoms with Gasteiger partial charge in [0.05, 0.1) is 27.9 Å². The fourth-order valence-corrected chi connectivity index (χ4v) is 2.34. The third kappa shape index (κ3) is 2.69. The predicted octanol–water partition coefficient (Wildman–Crippen LogP) is 4.36. The van der Waals surface area contributed by atoms with Gasteiger partial charge in [-0.05, 0) is 12.1 Å². The number of aromatic nitrogens is 1. The Balaban J connectivity index is 2.79. The van der Waals surface area contributed by atoms with Gasteiger partial charge in [-0.25, -0.2) is 18.6 Å². The third-order valence-electron chi connectivity index (χ3n) is 2.78. The van der Waals surface area contributed by atoms with E-state index in [0.717, 1.165) is 7.11 Å². The van der Waals surface area contributed by atoms with Crippen LogP contribution in [0.4, 0.5) is 14.5 Å². The number of halogens is 5. The summed E-state index contributed by atoms with van der Waals surface area (Å²) in [5.74, 6) is -2.92. The van der Waals surface area contributed by atoms with Crippen LogP contribution in [0.25, 0.3) is 11.3 Å². The lowest BCUT2D eigenvalue weighted by Gasteiger charge is -2.12. The van der Waals surface area contributed by atoms with E-state index in [9.17, 15) is 13.6 Å². The molecule has 9 heteroatoms. The monoisotopic (exact) mass is 366 g/mol. The predicted molar refractivity (Wildman–Crippen MR) is 80.4 cm³/mol.